The Morgan fingerprint density at radius 3 is 2.39 bits per heavy atom. The van der Waals surface area contributed by atoms with Gasteiger partial charge in [0.05, 0.1) is 11.3 Å². The van der Waals surface area contributed by atoms with E-state index in [0.29, 0.717) is 28.0 Å². The lowest BCUT2D eigenvalue weighted by Crippen LogP contribution is -2.53. The summed E-state index contributed by atoms with van der Waals surface area (Å²) in [5.41, 5.74) is 4.86. The molecule has 4 heterocycles. The van der Waals surface area contributed by atoms with E-state index in [4.69, 9.17) is 0 Å². The first-order valence-corrected chi connectivity index (χ1v) is 12.4. The van der Waals surface area contributed by atoms with Crippen molar-refractivity contribution in [2.75, 3.05) is 18.0 Å². The van der Waals surface area contributed by atoms with Gasteiger partial charge in [-0.2, -0.15) is 0 Å². The lowest BCUT2D eigenvalue weighted by molar-refractivity contribution is -0.113. The zero-order chi connectivity index (χ0) is 23.4. The van der Waals surface area contributed by atoms with Gasteiger partial charge in [0, 0.05) is 24.7 Å². The summed E-state index contributed by atoms with van der Waals surface area (Å²) in [6.45, 7) is 8.92. The molecule has 1 saturated heterocycles. The Balaban J connectivity index is 1.75. The van der Waals surface area contributed by atoms with Gasteiger partial charge in [-0.1, -0.05) is 43.4 Å². The van der Waals surface area contributed by atoms with Crippen LogP contribution in [0.3, 0.4) is 0 Å². The van der Waals surface area contributed by atoms with Gasteiger partial charge in [0.1, 0.15) is 4.53 Å². The molecule has 0 bridgehead atoms. The quantitative estimate of drug-likeness (QED) is 0.718. The van der Waals surface area contributed by atoms with E-state index in [9.17, 15) is 14.4 Å². The maximum atomic E-state index is 13.8. The van der Waals surface area contributed by atoms with Crippen LogP contribution in [0.1, 0.15) is 52.3 Å². The van der Waals surface area contributed by atoms with Crippen LogP contribution in [0.4, 0.5) is 10.5 Å². The molecule has 0 saturated carbocycles. The summed E-state index contributed by atoms with van der Waals surface area (Å²) in [4.78, 5) is 46.1. The molecule has 33 heavy (non-hydrogen) atoms. The molecule has 3 aliphatic heterocycles. The Morgan fingerprint density at radius 1 is 1.03 bits per heavy atom. The van der Waals surface area contributed by atoms with Crippen molar-refractivity contribution in [3.8, 4) is 0 Å². The Labute approximate surface area is 195 Å². The summed E-state index contributed by atoms with van der Waals surface area (Å²) >= 11 is 1.21. The number of nitrogens with one attached hydrogen (secondary N) is 1. The summed E-state index contributed by atoms with van der Waals surface area (Å²) in [5, 5.41) is 4.43. The number of anilines is 1. The molecule has 0 spiro atoms. The van der Waals surface area contributed by atoms with Crippen LogP contribution in [-0.4, -0.2) is 51.6 Å². The average Bonchev–Trinajstić information content (AvgIpc) is 3.40. The zero-order valence-corrected chi connectivity index (χ0v) is 20.1. The molecule has 10 heteroatoms. The normalized spacial score (nSPS) is 23.0. The third kappa shape index (κ3) is 2.89. The van der Waals surface area contributed by atoms with Crippen LogP contribution in [0.2, 0.25) is 0 Å². The predicted octanol–water partition coefficient (Wildman–Crippen LogP) is 1.38. The van der Waals surface area contributed by atoms with Crippen molar-refractivity contribution < 1.29 is 9.59 Å². The van der Waals surface area contributed by atoms with E-state index < -0.39 is 12.3 Å². The minimum atomic E-state index is -0.505. The molecular formula is C23H28N6O3S. The molecular weight excluding hydrogens is 440 g/mol. The lowest BCUT2D eigenvalue weighted by Gasteiger charge is -2.29. The average molecular weight is 469 g/mol. The van der Waals surface area contributed by atoms with E-state index >= 15 is 0 Å². The van der Waals surface area contributed by atoms with Gasteiger partial charge < -0.3 is 4.90 Å². The number of carbonyl (C=O) groups excluding carboxylic acids is 2. The summed E-state index contributed by atoms with van der Waals surface area (Å²) in [7, 11) is 0. The second-order valence-electron chi connectivity index (χ2n) is 8.38. The fourth-order valence-corrected chi connectivity index (χ4v) is 6.30. The number of nitrogens with zero attached hydrogens (tertiary/aromatic N) is 5. The summed E-state index contributed by atoms with van der Waals surface area (Å²) in [6.07, 6.45) is 0.725. The molecule has 174 valence electrons. The van der Waals surface area contributed by atoms with Gasteiger partial charge >= 0.3 is 6.03 Å². The van der Waals surface area contributed by atoms with Crippen molar-refractivity contribution in [3.05, 3.63) is 49.5 Å². The fraction of sp³-hybridized carbons (Fsp3) is 0.478. The van der Waals surface area contributed by atoms with Gasteiger partial charge in [-0.05, 0) is 32.8 Å². The zero-order valence-electron chi connectivity index (χ0n) is 19.2. The van der Waals surface area contributed by atoms with Crippen molar-refractivity contribution in [2.45, 2.75) is 58.9 Å². The number of carbonyl (C=O) groups is 2. The van der Waals surface area contributed by atoms with E-state index in [1.54, 1.807) is 14.4 Å². The van der Waals surface area contributed by atoms with Crippen molar-refractivity contribution in [1.82, 2.24) is 19.8 Å². The highest BCUT2D eigenvalue weighted by atomic mass is 32.1. The van der Waals surface area contributed by atoms with Gasteiger partial charge in [-0.15, -0.1) is 5.10 Å². The van der Waals surface area contributed by atoms with Gasteiger partial charge in [-0.25, -0.2) is 4.79 Å². The standard InChI is InChI=1S/C23H28N6O3S/c1-5-13(6-2)28-15-12-10-9-11-14(15)16(20(28)30)17-21(31)29-19-18(24-25-22(29)33-17)26(7-3)23(32)27(19)8-4/h9-13,18-19,24H,5-8H2,1-4H3/b17-16-. The second kappa shape index (κ2) is 8.02. The maximum Gasteiger partial charge on any atom is 0.323 e. The smallest absolute Gasteiger partial charge is 0.305 e. The van der Waals surface area contributed by atoms with Crippen molar-refractivity contribution in [2.24, 2.45) is 5.10 Å². The highest BCUT2D eigenvalue weighted by molar-refractivity contribution is 7.07. The van der Waals surface area contributed by atoms with Gasteiger partial charge in [0.2, 0.25) is 4.80 Å². The minimum Gasteiger partial charge on any atom is -0.305 e. The van der Waals surface area contributed by atoms with Crippen LogP contribution >= 0.6 is 11.3 Å². The molecule has 5 rings (SSSR count). The molecule has 2 unspecified atom stereocenters. The number of thiazole rings is 1. The molecule has 9 nitrogen and oxygen atoms in total. The molecule has 1 fully saturated rings. The predicted molar refractivity (Wildman–Crippen MR) is 126 cm³/mol. The van der Waals surface area contributed by atoms with E-state index in [1.807, 2.05) is 43.0 Å². The Morgan fingerprint density at radius 2 is 1.73 bits per heavy atom. The Hall–Kier alpha value is -3.14. The van der Waals surface area contributed by atoms with Gasteiger partial charge in [0.15, 0.2) is 12.3 Å². The molecule has 1 aromatic heterocycles. The highest BCUT2D eigenvalue weighted by Gasteiger charge is 2.48. The fourth-order valence-electron chi connectivity index (χ4n) is 5.25. The number of benzene rings is 1. The van der Waals surface area contributed by atoms with Gasteiger partial charge in [-0.3, -0.25) is 29.4 Å². The van der Waals surface area contributed by atoms with Crippen LogP contribution in [0.5, 0.6) is 0 Å². The number of para-hydroxylation sites is 1. The number of aromatic nitrogens is 1. The molecule has 2 atom stereocenters. The Kier molecular flexibility index (Phi) is 5.27. The molecule has 0 aliphatic carbocycles. The molecule has 1 aromatic carbocycles. The van der Waals surface area contributed by atoms with Crippen LogP contribution in [0, 0.1) is 0 Å². The van der Waals surface area contributed by atoms with Crippen LogP contribution < -0.4 is 25.2 Å². The molecule has 1 N–H and O–H groups in total. The van der Waals surface area contributed by atoms with Crippen molar-refractivity contribution in [3.63, 3.8) is 0 Å². The minimum absolute atomic E-state index is 0.0605. The van der Waals surface area contributed by atoms with E-state index in [2.05, 4.69) is 24.4 Å². The first-order valence-electron chi connectivity index (χ1n) is 11.6. The lowest BCUT2D eigenvalue weighted by atomic mass is 10.1. The molecule has 3 amide bonds. The summed E-state index contributed by atoms with van der Waals surface area (Å²) in [5.74, 6) is -0.143. The van der Waals surface area contributed by atoms with Crippen LogP contribution in [0.25, 0.3) is 5.57 Å². The number of fused-ring (bicyclic) bond motifs is 4. The molecule has 2 aromatic rings. The number of urea groups is 1. The van der Waals surface area contributed by atoms with Crippen molar-refractivity contribution in [1.29, 1.82) is 0 Å². The number of hydrogen-bond acceptors (Lipinski definition) is 6. The van der Waals surface area contributed by atoms with Gasteiger partial charge in [0.25, 0.3) is 11.5 Å². The summed E-state index contributed by atoms with van der Waals surface area (Å²) in [6, 6.07) is 7.60. The summed E-state index contributed by atoms with van der Waals surface area (Å²) < 4.78 is 1.96. The van der Waals surface area contributed by atoms with Crippen LogP contribution in [-0.2, 0) is 4.79 Å². The third-order valence-corrected chi connectivity index (χ3v) is 7.93. The highest BCUT2D eigenvalue weighted by Crippen LogP contribution is 2.38. The third-order valence-electron chi connectivity index (χ3n) is 6.88. The monoisotopic (exact) mass is 468 g/mol. The van der Waals surface area contributed by atoms with E-state index in [0.717, 1.165) is 24.1 Å². The first-order chi connectivity index (χ1) is 16.0. The molecule has 0 radical (unpaired) electrons. The molecule has 3 aliphatic rings. The largest absolute Gasteiger partial charge is 0.323 e. The topological polar surface area (TPSA) is 90.2 Å². The first kappa shape index (κ1) is 21.7. The SMILES string of the molecule is CCC(CC)N1C(=O)/C(=c2\sc3n(c2=O)C2C(NN=3)N(CC)C(=O)N2CC)c2ccccc21. The van der Waals surface area contributed by atoms with E-state index in [-0.39, 0.29) is 23.5 Å². The second-order valence-corrected chi connectivity index (χ2v) is 9.36. The van der Waals surface area contributed by atoms with E-state index in [1.165, 1.54) is 11.3 Å². The number of hydrogen-bond donors (Lipinski definition) is 1. The Bertz CT molecular complexity index is 1310. The van der Waals surface area contributed by atoms with Crippen LogP contribution in [0.15, 0.2) is 34.2 Å². The number of amides is 3. The number of likely N-dealkylation sites (N-methyl/N-ethyl adjacent to an activating group) is 2. The number of rotatable bonds is 5. The van der Waals surface area contributed by atoms with Crippen molar-refractivity contribution >= 4 is 34.5 Å². The maximum absolute atomic E-state index is 13.8.